The predicted octanol–water partition coefficient (Wildman–Crippen LogP) is 7.65. The van der Waals surface area contributed by atoms with E-state index in [1.807, 2.05) is 25.1 Å². The molecule has 0 radical (unpaired) electrons. The SMILES string of the molecule is Cc1cccc(/C=C\c2cc3c(ccc4ccc(F)cc43)c(F)c2F)c1Br. The van der Waals surface area contributed by atoms with Crippen molar-refractivity contribution >= 4 is 49.6 Å². The Hall–Kier alpha value is -2.59. The number of aryl methyl sites for hydroxylation is 1. The Balaban J connectivity index is 1.94. The topological polar surface area (TPSA) is 0 Å². The Morgan fingerprint density at radius 2 is 1.48 bits per heavy atom. The van der Waals surface area contributed by atoms with Crippen molar-refractivity contribution in [2.45, 2.75) is 6.92 Å². The lowest BCUT2D eigenvalue weighted by molar-refractivity contribution is 0.515. The summed E-state index contributed by atoms with van der Waals surface area (Å²) in [6.45, 7) is 1.96. The molecule has 0 aliphatic rings. The third kappa shape index (κ3) is 3.15. The Bertz CT molecular complexity index is 1230. The average Bonchev–Trinajstić information content (AvgIpc) is 2.66. The van der Waals surface area contributed by atoms with Gasteiger partial charge in [0.15, 0.2) is 11.6 Å². The molecule has 0 unspecified atom stereocenters. The summed E-state index contributed by atoms with van der Waals surface area (Å²) in [6, 6.07) is 14.8. The molecule has 27 heavy (non-hydrogen) atoms. The van der Waals surface area contributed by atoms with Gasteiger partial charge in [0.25, 0.3) is 0 Å². The summed E-state index contributed by atoms with van der Waals surface area (Å²) >= 11 is 3.51. The van der Waals surface area contributed by atoms with Gasteiger partial charge >= 0.3 is 0 Å². The van der Waals surface area contributed by atoms with Crippen molar-refractivity contribution < 1.29 is 13.2 Å². The van der Waals surface area contributed by atoms with E-state index in [1.54, 1.807) is 24.3 Å². The molecule has 4 heteroatoms. The van der Waals surface area contributed by atoms with E-state index in [2.05, 4.69) is 15.9 Å². The molecule has 0 spiro atoms. The van der Waals surface area contributed by atoms with E-state index in [-0.39, 0.29) is 10.9 Å². The Morgan fingerprint density at radius 3 is 2.30 bits per heavy atom. The van der Waals surface area contributed by atoms with Gasteiger partial charge in [-0.15, -0.1) is 0 Å². The first-order chi connectivity index (χ1) is 13.0. The van der Waals surface area contributed by atoms with Crippen molar-refractivity contribution in [3.05, 3.63) is 93.2 Å². The molecule has 0 aromatic heterocycles. The highest BCUT2D eigenvalue weighted by atomic mass is 79.9. The second-order valence-corrected chi connectivity index (χ2v) is 7.22. The molecule has 0 saturated heterocycles. The molecule has 0 nitrogen and oxygen atoms in total. The first kappa shape index (κ1) is 17.8. The minimum absolute atomic E-state index is 0.116. The largest absolute Gasteiger partial charge is 0.207 e. The van der Waals surface area contributed by atoms with Gasteiger partial charge in [0.1, 0.15) is 5.82 Å². The molecule has 0 bridgehead atoms. The number of rotatable bonds is 2. The number of hydrogen-bond acceptors (Lipinski definition) is 0. The van der Waals surface area contributed by atoms with Gasteiger partial charge in [0.05, 0.1) is 0 Å². The van der Waals surface area contributed by atoms with Gasteiger partial charge < -0.3 is 0 Å². The lowest BCUT2D eigenvalue weighted by Gasteiger charge is -2.09. The number of fused-ring (bicyclic) bond motifs is 3. The molecular weight excluding hydrogens is 413 g/mol. The summed E-state index contributed by atoms with van der Waals surface area (Å²) in [6.07, 6.45) is 3.27. The van der Waals surface area contributed by atoms with Gasteiger partial charge in [0.2, 0.25) is 0 Å². The van der Waals surface area contributed by atoms with Crippen molar-refractivity contribution in [1.29, 1.82) is 0 Å². The second-order valence-electron chi connectivity index (χ2n) is 6.43. The van der Waals surface area contributed by atoms with Crippen LogP contribution in [0.5, 0.6) is 0 Å². The zero-order chi connectivity index (χ0) is 19.1. The molecule has 0 aliphatic heterocycles. The fourth-order valence-electron chi connectivity index (χ4n) is 3.23. The van der Waals surface area contributed by atoms with Gasteiger partial charge in [0, 0.05) is 15.4 Å². The van der Waals surface area contributed by atoms with E-state index >= 15 is 0 Å². The van der Waals surface area contributed by atoms with E-state index in [0.29, 0.717) is 10.8 Å². The highest BCUT2D eigenvalue weighted by molar-refractivity contribution is 9.10. The quantitative estimate of drug-likeness (QED) is 0.228. The Labute approximate surface area is 163 Å². The van der Waals surface area contributed by atoms with Crippen molar-refractivity contribution in [2.24, 2.45) is 0 Å². The van der Waals surface area contributed by atoms with Crippen LogP contribution in [0.4, 0.5) is 13.2 Å². The van der Waals surface area contributed by atoms with E-state index in [9.17, 15) is 13.2 Å². The second kappa shape index (κ2) is 6.86. The van der Waals surface area contributed by atoms with Crippen LogP contribution in [0.25, 0.3) is 33.7 Å². The molecule has 0 saturated carbocycles. The monoisotopic (exact) mass is 426 g/mol. The van der Waals surface area contributed by atoms with E-state index < -0.39 is 17.5 Å². The molecule has 0 amide bonds. The van der Waals surface area contributed by atoms with Crippen LogP contribution >= 0.6 is 15.9 Å². The summed E-state index contributed by atoms with van der Waals surface area (Å²) in [5, 5.41) is 1.94. The maximum Gasteiger partial charge on any atom is 0.167 e. The molecule has 0 heterocycles. The van der Waals surface area contributed by atoms with E-state index in [4.69, 9.17) is 0 Å². The summed E-state index contributed by atoms with van der Waals surface area (Å²) in [5.74, 6) is -2.26. The zero-order valence-corrected chi connectivity index (χ0v) is 15.9. The molecule has 0 aliphatic carbocycles. The molecular formula is C23H14BrF3. The van der Waals surface area contributed by atoms with Crippen LogP contribution in [0, 0.1) is 24.4 Å². The van der Waals surface area contributed by atoms with Crippen LogP contribution in [-0.4, -0.2) is 0 Å². The van der Waals surface area contributed by atoms with Crippen molar-refractivity contribution in [3.8, 4) is 0 Å². The first-order valence-corrected chi connectivity index (χ1v) is 9.18. The minimum atomic E-state index is -0.929. The van der Waals surface area contributed by atoms with Crippen LogP contribution in [0.1, 0.15) is 16.7 Å². The van der Waals surface area contributed by atoms with Crippen molar-refractivity contribution in [2.75, 3.05) is 0 Å². The van der Waals surface area contributed by atoms with Gasteiger partial charge in [-0.25, -0.2) is 13.2 Å². The third-order valence-electron chi connectivity index (χ3n) is 4.67. The maximum atomic E-state index is 14.6. The minimum Gasteiger partial charge on any atom is -0.207 e. The van der Waals surface area contributed by atoms with Gasteiger partial charge in [-0.1, -0.05) is 48.6 Å². The summed E-state index contributed by atoms with van der Waals surface area (Å²) in [7, 11) is 0. The number of halogens is 4. The number of hydrogen-bond donors (Lipinski definition) is 0. The average molecular weight is 427 g/mol. The van der Waals surface area contributed by atoms with Crippen LogP contribution in [-0.2, 0) is 0 Å². The predicted molar refractivity (Wildman–Crippen MR) is 109 cm³/mol. The first-order valence-electron chi connectivity index (χ1n) is 8.39. The highest BCUT2D eigenvalue weighted by Gasteiger charge is 2.14. The highest BCUT2D eigenvalue weighted by Crippen LogP contribution is 2.32. The van der Waals surface area contributed by atoms with Crippen LogP contribution in [0.3, 0.4) is 0 Å². The Morgan fingerprint density at radius 1 is 0.741 bits per heavy atom. The summed E-state index contributed by atoms with van der Waals surface area (Å²) in [4.78, 5) is 0. The van der Waals surface area contributed by atoms with Crippen molar-refractivity contribution in [3.63, 3.8) is 0 Å². The van der Waals surface area contributed by atoms with Gasteiger partial charge in [-0.05, 0) is 68.3 Å². The third-order valence-corrected chi connectivity index (χ3v) is 5.76. The standard InChI is InChI=1S/C23H14BrF3/c1-13-3-2-4-15(21(13)24)5-6-16-11-20-18(23(27)22(16)26)10-8-14-7-9-17(25)12-19(14)20/h2-12H,1H3/b6-5-. The molecule has 4 aromatic carbocycles. The fourth-order valence-corrected chi connectivity index (χ4v) is 3.62. The van der Waals surface area contributed by atoms with Crippen molar-refractivity contribution in [1.82, 2.24) is 0 Å². The van der Waals surface area contributed by atoms with Crippen LogP contribution in [0.15, 0.2) is 59.1 Å². The molecule has 4 aromatic rings. The lowest BCUT2D eigenvalue weighted by Crippen LogP contribution is -1.93. The maximum absolute atomic E-state index is 14.6. The normalized spacial score (nSPS) is 11.7. The molecule has 134 valence electrons. The fraction of sp³-hybridized carbons (Fsp3) is 0.0435. The summed E-state index contributed by atoms with van der Waals surface area (Å²) in [5.41, 5.74) is 2.02. The summed E-state index contributed by atoms with van der Waals surface area (Å²) < 4.78 is 43.8. The lowest BCUT2D eigenvalue weighted by atomic mass is 9.98. The van der Waals surface area contributed by atoms with Crippen LogP contribution < -0.4 is 0 Å². The number of benzene rings is 4. The van der Waals surface area contributed by atoms with Gasteiger partial charge in [-0.2, -0.15) is 0 Å². The molecule has 0 atom stereocenters. The Kier molecular flexibility index (Phi) is 4.52. The van der Waals surface area contributed by atoms with Crippen LogP contribution in [0.2, 0.25) is 0 Å². The molecule has 0 fully saturated rings. The molecule has 4 rings (SSSR count). The zero-order valence-electron chi connectivity index (χ0n) is 14.4. The smallest absolute Gasteiger partial charge is 0.167 e. The molecule has 0 N–H and O–H groups in total. The van der Waals surface area contributed by atoms with E-state index in [1.165, 1.54) is 24.3 Å². The van der Waals surface area contributed by atoms with E-state index in [0.717, 1.165) is 21.0 Å². The van der Waals surface area contributed by atoms with Gasteiger partial charge in [-0.3, -0.25) is 0 Å².